The van der Waals surface area contributed by atoms with Gasteiger partial charge in [0, 0.05) is 13.1 Å². The smallest absolute Gasteiger partial charge is 0.272 e. The van der Waals surface area contributed by atoms with E-state index in [1.807, 2.05) is 0 Å². The van der Waals surface area contributed by atoms with E-state index in [0.717, 1.165) is 32.4 Å². The standard InChI is InChI=1S/C13H17FN2O/c1-10-4-3-8-16(9-7-10)13(17)11-5-2-6-12(14)15-11/h2,5-6,10H,3-4,7-9H2,1H3. The summed E-state index contributed by atoms with van der Waals surface area (Å²) < 4.78 is 13.0. The van der Waals surface area contributed by atoms with Crippen molar-refractivity contribution in [1.29, 1.82) is 0 Å². The van der Waals surface area contributed by atoms with E-state index in [9.17, 15) is 9.18 Å². The summed E-state index contributed by atoms with van der Waals surface area (Å²) in [5.74, 6) is -0.0918. The normalized spacial score (nSPS) is 21.1. The lowest BCUT2D eigenvalue weighted by atomic mass is 10.0. The highest BCUT2D eigenvalue weighted by molar-refractivity contribution is 5.92. The first-order chi connectivity index (χ1) is 8.16. The predicted octanol–water partition coefficient (Wildman–Crippen LogP) is 2.48. The molecule has 0 spiro atoms. The molecule has 92 valence electrons. The zero-order chi connectivity index (χ0) is 12.3. The molecule has 1 fully saturated rings. The highest BCUT2D eigenvalue weighted by atomic mass is 19.1. The van der Waals surface area contributed by atoms with Gasteiger partial charge in [0.1, 0.15) is 5.69 Å². The molecule has 1 aromatic rings. The van der Waals surface area contributed by atoms with Crippen molar-refractivity contribution in [3.05, 3.63) is 29.8 Å². The van der Waals surface area contributed by atoms with Crippen LogP contribution in [0.25, 0.3) is 0 Å². The fraction of sp³-hybridized carbons (Fsp3) is 0.538. The number of likely N-dealkylation sites (tertiary alicyclic amines) is 1. The van der Waals surface area contributed by atoms with E-state index in [1.165, 1.54) is 12.1 Å². The SMILES string of the molecule is CC1CCCN(C(=O)c2cccc(F)n2)CC1. The zero-order valence-electron chi connectivity index (χ0n) is 10.0. The molecule has 0 N–H and O–H groups in total. The number of hydrogen-bond donors (Lipinski definition) is 0. The fourth-order valence-electron chi connectivity index (χ4n) is 2.16. The van der Waals surface area contributed by atoms with Crippen LogP contribution in [0, 0.1) is 11.9 Å². The first-order valence-corrected chi connectivity index (χ1v) is 6.08. The van der Waals surface area contributed by atoms with Gasteiger partial charge >= 0.3 is 0 Å². The Labute approximate surface area is 101 Å². The topological polar surface area (TPSA) is 33.2 Å². The van der Waals surface area contributed by atoms with E-state index >= 15 is 0 Å². The highest BCUT2D eigenvalue weighted by Gasteiger charge is 2.20. The Bertz CT molecular complexity index is 408. The molecule has 0 radical (unpaired) electrons. The van der Waals surface area contributed by atoms with Gasteiger partial charge in [-0.1, -0.05) is 13.0 Å². The molecule has 2 rings (SSSR count). The van der Waals surface area contributed by atoms with Gasteiger partial charge < -0.3 is 4.90 Å². The number of carbonyl (C=O) groups is 1. The van der Waals surface area contributed by atoms with Crippen molar-refractivity contribution in [1.82, 2.24) is 9.88 Å². The summed E-state index contributed by atoms with van der Waals surface area (Å²) in [6.45, 7) is 3.70. The molecule has 4 heteroatoms. The van der Waals surface area contributed by atoms with Crippen LogP contribution in [0.1, 0.15) is 36.7 Å². The fourth-order valence-corrected chi connectivity index (χ4v) is 2.16. The maximum absolute atomic E-state index is 13.0. The lowest BCUT2D eigenvalue weighted by Gasteiger charge is -2.19. The van der Waals surface area contributed by atoms with E-state index in [-0.39, 0.29) is 11.6 Å². The first kappa shape index (κ1) is 12.0. The van der Waals surface area contributed by atoms with Crippen molar-refractivity contribution in [2.75, 3.05) is 13.1 Å². The molecule has 1 saturated heterocycles. The zero-order valence-corrected chi connectivity index (χ0v) is 10.0. The Kier molecular flexibility index (Phi) is 3.71. The highest BCUT2D eigenvalue weighted by Crippen LogP contribution is 2.17. The molecule has 1 amide bonds. The van der Waals surface area contributed by atoms with Gasteiger partial charge in [0.25, 0.3) is 5.91 Å². The minimum Gasteiger partial charge on any atom is -0.337 e. The second kappa shape index (κ2) is 5.25. The van der Waals surface area contributed by atoms with E-state index in [0.29, 0.717) is 5.92 Å². The van der Waals surface area contributed by atoms with E-state index in [4.69, 9.17) is 0 Å². The van der Waals surface area contributed by atoms with Crippen molar-refractivity contribution in [2.45, 2.75) is 26.2 Å². The molecule has 1 aromatic heterocycles. The maximum Gasteiger partial charge on any atom is 0.272 e. The summed E-state index contributed by atoms with van der Waals surface area (Å²) in [4.78, 5) is 17.5. The number of rotatable bonds is 1. The van der Waals surface area contributed by atoms with Gasteiger partial charge in [-0.15, -0.1) is 0 Å². The molecule has 2 heterocycles. The van der Waals surface area contributed by atoms with Gasteiger partial charge in [0.05, 0.1) is 0 Å². The van der Waals surface area contributed by atoms with Gasteiger partial charge in [0.15, 0.2) is 0 Å². The number of pyridine rings is 1. The van der Waals surface area contributed by atoms with Crippen LogP contribution in [0.5, 0.6) is 0 Å². The van der Waals surface area contributed by atoms with Crippen LogP contribution in [-0.4, -0.2) is 28.9 Å². The second-order valence-corrected chi connectivity index (χ2v) is 4.67. The van der Waals surface area contributed by atoms with Crippen molar-refractivity contribution in [3.8, 4) is 0 Å². The van der Waals surface area contributed by atoms with Crippen molar-refractivity contribution in [2.24, 2.45) is 5.92 Å². The molecule has 1 aliphatic rings. The molecule has 1 atom stereocenters. The summed E-state index contributed by atoms with van der Waals surface area (Å²) in [7, 11) is 0. The lowest BCUT2D eigenvalue weighted by Crippen LogP contribution is -2.32. The van der Waals surface area contributed by atoms with Crippen molar-refractivity contribution >= 4 is 5.91 Å². The third-order valence-electron chi connectivity index (χ3n) is 3.24. The van der Waals surface area contributed by atoms with Crippen molar-refractivity contribution in [3.63, 3.8) is 0 Å². The Morgan fingerprint density at radius 2 is 2.24 bits per heavy atom. The number of carbonyl (C=O) groups excluding carboxylic acids is 1. The average Bonchev–Trinajstić information content (AvgIpc) is 2.53. The molecule has 1 unspecified atom stereocenters. The Morgan fingerprint density at radius 1 is 1.41 bits per heavy atom. The Balaban J connectivity index is 2.09. The largest absolute Gasteiger partial charge is 0.337 e. The summed E-state index contributed by atoms with van der Waals surface area (Å²) in [5.41, 5.74) is 0.208. The molecule has 0 aliphatic carbocycles. The van der Waals surface area contributed by atoms with E-state index < -0.39 is 5.95 Å². The summed E-state index contributed by atoms with van der Waals surface area (Å²) in [5, 5.41) is 0. The van der Waals surface area contributed by atoms with Crippen molar-refractivity contribution < 1.29 is 9.18 Å². The third kappa shape index (κ3) is 3.02. The molecule has 3 nitrogen and oxygen atoms in total. The van der Waals surface area contributed by atoms with Gasteiger partial charge in [-0.3, -0.25) is 4.79 Å². The minimum absolute atomic E-state index is 0.154. The summed E-state index contributed by atoms with van der Waals surface area (Å²) in [6, 6.07) is 4.34. The van der Waals surface area contributed by atoms with Crippen LogP contribution in [-0.2, 0) is 0 Å². The maximum atomic E-state index is 13.0. The number of aromatic nitrogens is 1. The van der Waals surface area contributed by atoms with E-state index in [2.05, 4.69) is 11.9 Å². The average molecular weight is 236 g/mol. The monoisotopic (exact) mass is 236 g/mol. The molecule has 17 heavy (non-hydrogen) atoms. The molecule has 1 aliphatic heterocycles. The van der Waals surface area contributed by atoms with Crippen LogP contribution in [0.4, 0.5) is 4.39 Å². The molecular weight excluding hydrogens is 219 g/mol. The number of amides is 1. The van der Waals surface area contributed by atoms with Gasteiger partial charge in [-0.05, 0) is 37.3 Å². The number of nitrogens with zero attached hydrogens (tertiary/aromatic N) is 2. The molecule has 0 bridgehead atoms. The first-order valence-electron chi connectivity index (χ1n) is 6.08. The quantitative estimate of drug-likeness (QED) is 0.702. The Morgan fingerprint density at radius 3 is 3.00 bits per heavy atom. The predicted molar refractivity (Wildman–Crippen MR) is 63.1 cm³/mol. The summed E-state index contributed by atoms with van der Waals surface area (Å²) in [6.07, 6.45) is 3.18. The van der Waals surface area contributed by atoms with Gasteiger partial charge in [0.2, 0.25) is 5.95 Å². The van der Waals surface area contributed by atoms with E-state index in [1.54, 1.807) is 11.0 Å². The summed E-state index contributed by atoms with van der Waals surface area (Å²) >= 11 is 0. The molecular formula is C13H17FN2O. The van der Waals surface area contributed by atoms with Gasteiger partial charge in [-0.2, -0.15) is 4.39 Å². The minimum atomic E-state index is -0.598. The van der Waals surface area contributed by atoms with Crippen LogP contribution < -0.4 is 0 Å². The lowest BCUT2D eigenvalue weighted by molar-refractivity contribution is 0.0753. The number of halogens is 1. The van der Waals surface area contributed by atoms with Crippen LogP contribution in [0.3, 0.4) is 0 Å². The second-order valence-electron chi connectivity index (χ2n) is 4.67. The number of hydrogen-bond acceptors (Lipinski definition) is 2. The molecule has 0 saturated carbocycles. The van der Waals surface area contributed by atoms with Crippen LogP contribution >= 0.6 is 0 Å². The van der Waals surface area contributed by atoms with Gasteiger partial charge in [-0.25, -0.2) is 4.98 Å². The van der Waals surface area contributed by atoms with Crippen LogP contribution in [0.2, 0.25) is 0 Å². The third-order valence-corrected chi connectivity index (χ3v) is 3.24. The Hall–Kier alpha value is -1.45. The van der Waals surface area contributed by atoms with Crippen LogP contribution in [0.15, 0.2) is 18.2 Å². The molecule has 0 aromatic carbocycles.